The second-order valence-electron chi connectivity index (χ2n) is 2.84. The Hall–Kier alpha value is -1.75. The molecule has 0 aromatic carbocycles. The molecule has 0 aliphatic carbocycles. The Kier molecular flexibility index (Phi) is 3.93. The Labute approximate surface area is 87.3 Å². The van der Waals surface area contributed by atoms with Gasteiger partial charge in [-0.3, -0.25) is 9.78 Å². The van der Waals surface area contributed by atoms with Crippen molar-refractivity contribution in [2.24, 2.45) is 5.73 Å². The van der Waals surface area contributed by atoms with E-state index in [1.165, 1.54) is 12.4 Å². The topological polar surface area (TPSA) is 82.3 Å². The molecule has 0 radical (unpaired) electrons. The molecule has 80 valence electrons. The highest BCUT2D eigenvalue weighted by atomic mass is 16.5. The molecule has 0 aliphatic rings. The molecule has 5 nitrogen and oxygen atoms in total. The standard InChI is InChI=1S/C10H12N2O3/c1-2-15-10(14)8(11)9(13)7-4-3-5-12-6-7/h3-6,8H,2,11H2,1H3. The van der Waals surface area contributed by atoms with Crippen LogP contribution in [-0.2, 0) is 9.53 Å². The van der Waals surface area contributed by atoms with Crippen LogP contribution in [0, 0.1) is 0 Å². The molecule has 1 rings (SSSR count). The lowest BCUT2D eigenvalue weighted by Gasteiger charge is -2.08. The maximum atomic E-state index is 11.6. The molecule has 1 aromatic heterocycles. The summed E-state index contributed by atoms with van der Waals surface area (Å²) in [5, 5.41) is 0. The maximum absolute atomic E-state index is 11.6. The molecule has 0 fully saturated rings. The smallest absolute Gasteiger partial charge is 0.331 e. The number of esters is 1. The Morgan fingerprint density at radius 2 is 2.33 bits per heavy atom. The van der Waals surface area contributed by atoms with Gasteiger partial charge in [-0.05, 0) is 19.1 Å². The van der Waals surface area contributed by atoms with Crippen molar-refractivity contribution in [1.29, 1.82) is 0 Å². The number of ether oxygens (including phenoxy) is 1. The van der Waals surface area contributed by atoms with E-state index < -0.39 is 17.8 Å². The first-order valence-corrected chi connectivity index (χ1v) is 4.53. The molecular formula is C10H12N2O3. The van der Waals surface area contributed by atoms with Crippen molar-refractivity contribution in [3.05, 3.63) is 30.1 Å². The number of carbonyl (C=O) groups excluding carboxylic acids is 2. The number of hydrogen-bond acceptors (Lipinski definition) is 5. The first-order valence-electron chi connectivity index (χ1n) is 4.53. The van der Waals surface area contributed by atoms with E-state index in [0.29, 0.717) is 5.56 Å². The Morgan fingerprint density at radius 3 is 2.87 bits per heavy atom. The summed E-state index contributed by atoms with van der Waals surface area (Å²) in [4.78, 5) is 26.5. The molecule has 0 saturated carbocycles. The SMILES string of the molecule is CCOC(=O)C(N)C(=O)c1cccnc1. The summed E-state index contributed by atoms with van der Waals surface area (Å²) in [6.07, 6.45) is 2.90. The van der Waals surface area contributed by atoms with Crippen LogP contribution in [0.25, 0.3) is 0 Å². The van der Waals surface area contributed by atoms with Crippen molar-refractivity contribution in [3.8, 4) is 0 Å². The van der Waals surface area contributed by atoms with E-state index >= 15 is 0 Å². The molecule has 0 spiro atoms. The van der Waals surface area contributed by atoms with Crippen LogP contribution in [0.15, 0.2) is 24.5 Å². The summed E-state index contributed by atoms with van der Waals surface area (Å²) in [6.45, 7) is 1.85. The van der Waals surface area contributed by atoms with Crippen LogP contribution >= 0.6 is 0 Å². The minimum absolute atomic E-state index is 0.201. The second kappa shape index (κ2) is 5.21. The Morgan fingerprint density at radius 1 is 1.60 bits per heavy atom. The van der Waals surface area contributed by atoms with Crippen molar-refractivity contribution in [2.45, 2.75) is 13.0 Å². The molecule has 15 heavy (non-hydrogen) atoms. The van der Waals surface area contributed by atoms with Gasteiger partial charge in [0.25, 0.3) is 0 Å². The number of ketones is 1. The van der Waals surface area contributed by atoms with Gasteiger partial charge in [-0.15, -0.1) is 0 Å². The summed E-state index contributed by atoms with van der Waals surface area (Å²) in [5.41, 5.74) is 5.73. The number of carbonyl (C=O) groups is 2. The highest BCUT2D eigenvalue weighted by Crippen LogP contribution is 2.01. The van der Waals surface area contributed by atoms with Crippen LogP contribution < -0.4 is 5.73 Å². The molecule has 0 aliphatic heterocycles. The van der Waals surface area contributed by atoms with Crippen LogP contribution in [0.1, 0.15) is 17.3 Å². The zero-order valence-corrected chi connectivity index (χ0v) is 8.34. The van der Waals surface area contributed by atoms with Gasteiger partial charge < -0.3 is 10.5 Å². The van der Waals surface area contributed by atoms with Crippen LogP contribution in [0.3, 0.4) is 0 Å². The predicted octanol–water partition coefficient (Wildman–Crippen LogP) is 0.155. The van der Waals surface area contributed by atoms with E-state index in [9.17, 15) is 9.59 Å². The molecule has 2 N–H and O–H groups in total. The molecule has 1 atom stereocenters. The van der Waals surface area contributed by atoms with Crippen LogP contribution in [0.2, 0.25) is 0 Å². The Bertz CT molecular complexity index is 351. The zero-order chi connectivity index (χ0) is 11.3. The molecular weight excluding hydrogens is 196 g/mol. The monoisotopic (exact) mass is 208 g/mol. The van der Waals surface area contributed by atoms with Crippen molar-refractivity contribution in [2.75, 3.05) is 6.61 Å². The molecule has 0 amide bonds. The maximum Gasteiger partial charge on any atom is 0.331 e. The lowest BCUT2D eigenvalue weighted by molar-refractivity contribution is -0.143. The van der Waals surface area contributed by atoms with E-state index in [-0.39, 0.29) is 6.61 Å². The van der Waals surface area contributed by atoms with Crippen molar-refractivity contribution in [3.63, 3.8) is 0 Å². The summed E-state index contributed by atoms with van der Waals surface area (Å²) >= 11 is 0. The summed E-state index contributed by atoms with van der Waals surface area (Å²) in [7, 11) is 0. The summed E-state index contributed by atoms with van der Waals surface area (Å²) in [5.74, 6) is -1.20. The van der Waals surface area contributed by atoms with Gasteiger partial charge >= 0.3 is 5.97 Å². The van der Waals surface area contributed by atoms with Crippen molar-refractivity contribution in [1.82, 2.24) is 4.98 Å². The van der Waals surface area contributed by atoms with Crippen LogP contribution in [-0.4, -0.2) is 29.4 Å². The van der Waals surface area contributed by atoms with Gasteiger partial charge in [-0.1, -0.05) is 0 Å². The average Bonchev–Trinajstić information content (AvgIpc) is 2.28. The van der Waals surface area contributed by atoms with E-state index in [1.807, 2.05) is 0 Å². The number of pyridine rings is 1. The van der Waals surface area contributed by atoms with Gasteiger partial charge in [0.1, 0.15) is 0 Å². The van der Waals surface area contributed by atoms with E-state index in [2.05, 4.69) is 9.72 Å². The second-order valence-corrected chi connectivity index (χ2v) is 2.84. The third-order valence-corrected chi connectivity index (χ3v) is 1.77. The van der Waals surface area contributed by atoms with Crippen LogP contribution in [0.4, 0.5) is 0 Å². The number of nitrogens with two attached hydrogens (primary N) is 1. The van der Waals surface area contributed by atoms with Crippen molar-refractivity contribution < 1.29 is 14.3 Å². The largest absolute Gasteiger partial charge is 0.464 e. The minimum Gasteiger partial charge on any atom is -0.464 e. The van der Waals surface area contributed by atoms with Gasteiger partial charge in [0.2, 0.25) is 0 Å². The number of Topliss-reactive ketones (excluding diaryl/α,β-unsaturated/α-hetero) is 1. The fraction of sp³-hybridized carbons (Fsp3) is 0.300. The Balaban J connectivity index is 2.73. The first-order chi connectivity index (χ1) is 7.16. The van der Waals surface area contributed by atoms with E-state index in [0.717, 1.165) is 0 Å². The number of hydrogen-bond donors (Lipinski definition) is 1. The normalized spacial score (nSPS) is 11.9. The highest BCUT2D eigenvalue weighted by molar-refractivity contribution is 6.11. The molecule has 1 unspecified atom stereocenters. The third-order valence-electron chi connectivity index (χ3n) is 1.77. The van der Waals surface area contributed by atoms with Gasteiger partial charge in [-0.25, -0.2) is 4.79 Å². The molecule has 5 heteroatoms. The lowest BCUT2D eigenvalue weighted by atomic mass is 10.1. The quantitative estimate of drug-likeness (QED) is 0.433. The number of aromatic nitrogens is 1. The van der Waals surface area contributed by atoms with Crippen LogP contribution in [0.5, 0.6) is 0 Å². The predicted molar refractivity (Wildman–Crippen MR) is 53.2 cm³/mol. The number of rotatable bonds is 4. The number of nitrogens with zero attached hydrogens (tertiary/aromatic N) is 1. The van der Waals surface area contributed by atoms with E-state index in [1.54, 1.807) is 19.1 Å². The minimum atomic E-state index is -1.27. The van der Waals surface area contributed by atoms with Gasteiger partial charge in [0.15, 0.2) is 11.8 Å². The van der Waals surface area contributed by atoms with Gasteiger partial charge in [-0.2, -0.15) is 0 Å². The zero-order valence-electron chi connectivity index (χ0n) is 8.34. The third kappa shape index (κ3) is 2.85. The molecule has 0 bridgehead atoms. The fourth-order valence-electron chi connectivity index (χ4n) is 1.03. The molecule has 1 heterocycles. The lowest BCUT2D eigenvalue weighted by Crippen LogP contribution is -2.40. The highest BCUT2D eigenvalue weighted by Gasteiger charge is 2.24. The molecule has 1 aromatic rings. The van der Waals surface area contributed by atoms with Gasteiger partial charge in [0.05, 0.1) is 6.61 Å². The van der Waals surface area contributed by atoms with Crippen molar-refractivity contribution >= 4 is 11.8 Å². The molecule has 0 saturated heterocycles. The van der Waals surface area contributed by atoms with E-state index in [4.69, 9.17) is 5.73 Å². The summed E-state index contributed by atoms with van der Waals surface area (Å²) in [6, 6.07) is 1.88. The summed E-state index contributed by atoms with van der Waals surface area (Å²) < 4.78 is 4.64. The average molecular weight is 208 g/mol. The van der Waals surface area contributed by atoms with Gasteiger partial charge in [0, 0.05) is 18.0 Å². The fourth-order valence-corrected chi connectivity index (χ4v) is 1.03. The first kappa shape index (κ1) is 11.3.